The van der Waals surface area contributed by atoms with Gasteiger partial charge in [0.25, 0.3) is 0 Å². The maximum Gasteiger partial charge on any atom is 0.135 e. The Labute approximate surface area is 83.3 Å². The van der Waals surface area contributed by atoms with Crippen molar-refractivity contribution in [2.45, 2.75) is 18.1 Å². The van der Waals surface area contributed by atoms with Gasteiger partial charge >= 0.3 is 0 Å². The van der Waals surface area contributed by atoms with Crippen molar-refractivity contribution >= 4 is 0 Å². The highest BCUT2D eigenvalue weighted by molar-refractivity contribution is 5.26. The summed E-state index contributed by atoms with van der Waals surface area (Å²) in [5.74, 6) is 0. The van der Waals surface area contributed by atoms with Gasteiger partial charge in [-0.2, -0.15) is 0 Å². The molecular weight excluding hydrogens is 179 g/mol. The summed E-state index contributed by atoms with van der Waals surface area (Å²) in [7, 11) is 0. The van der Waals surface area contributed by atoms with E-state index in [1.54, 1.807) is 0 Å². The Kier molecular flexibility index (Phi) is 2.52. The van der Waals surface area contributed by atoms with Gasteiger partial charge in [-0.1, -0.05) is 30.3 Å². The second-order valence-corrected chi connectivity index (χ2v) is 3.83. The highest BCUT2D eigenvalue weighted by Crippen LogP contribution is 2.29. The molecule has 2 unspecified atom stereocenters. The number of alkyl halides is 1. The number of rotatable bonds is 1. The van der Waals surface area contributed by atoms with Gasteiger partial charge in [0, 0.05) is 6.54 Å². The summed E-state index contributed by atoms with van der Waals surface area (Å²) < 4.78 is 13.7. The van der Waals surface area contributed by atoms with Crippen LogP contribution in [0.15, 0.2) is 30.3 Å². The summed E-state index contributed by atoms with van der Waals surface area (Å²) in [6, 6.07) is 9.52. The molecule has 0 amide bonds. The third kappa shape index (κ3) is 1.53. The van der Waals surface area contributed by atoms with Crippen molar-refractivity contribution in [2.75, 3.05) is 13.1 Å². The Morgan fingerprint density at radius 3 is 2.71 bits per heavy atom. The van der Waals surface area contributed by atoms with E-state index in [-0.39, 0.29) is 0 Å². The molecule has 1 saturated heterocycles. The molecule has 3 N–H and O–H groups in total. The summed E-state index contributed by atoms with van der Waals surface area (Å²) in [5.41, 5.74) is 6.21. The third-order valence-electron chi connectivity index (χ3n) is 2.91. The molecule has 2 rings (SSSR count). The van der Waals surface area contributed by atoms with Crippen molar-refractivity contribution in [3.05, 3.63) is 35.9 Å². The van der Waals surface area contributed by atoms with Crippen LogP contribution in [0.3, 0.4) is 0 Å². The Balaban J connectivity index is 2.30. The zero-order chi connectivity index (χ0) is 10.0. The van der Waals surface area contributed by atoms with Gasteiger partial charge in [0.2, 0.25) is 0 Å². The summed E-state index contributed by atoms with van der Waals surface area (Å²) in [5, 5.41) is 3.00. The molecule has 1 aliphatic rings. The third-order valence-corrected chi connectivity index (χ3v) is 2.91. The summed E-state index contributed by atoms with van der Waals surface area (Å²) in [4.78, 5) is 0. The molecule has 2 atom stereocenters. The van der Waals surface area contributed by atoms with Crippen molar-refractivity contribution in [1.29, 1.82) is 0 Å². The van der Waals surface area contributed by atoms with Crippen LogP contribution in [0.2, 0.25) is 0 Å². The minimum Gasteiger partial charge on any atom is -0.319 e. The van der Waals surface area contributed by atoms with E-state index >= 15 is 0 Å². The summed E-state index contributed by atoms with van der Waals surface area (Å²) in [6.45, 7) is 1.14. The van der Waals surface area contributed by atoms with Crippen molar-refractivity contribution in [3.63, 3.8) is 0 Å². The lowest BCUT2D eigenvalue weighted by Gasteiger charge is -2.37. The highest BCUT2D eigenvalue weighted by Gasteiger charge is 2.38. The summed E-state index contributed by atoms with van der Waals surface area (Å²) >= 11 is 0. The predicted octanol–water partition coefficient (Wildman–Crippen LogP) is 1.17. The molecule has 2 nitrogen and oxygen atoms in total. The van der Waals surface area contributed by atoms with Crippen LogP contribution < -0.4 is 11.1 Å². The molecule has 3 heteroatoms. The van der Waals surface area contributed by atoms with E-state index in [1.165, 1.54) is 0 Å². The fourth-order valence-corrected chi connectivity index (χ4v) is 1.94. The fraction of sp³-hybridized carbons (Fsp3) is 0.455. The lowest BCUT2D eigenvalue weighted by atomic mass is 9.81. The fourth-order valence-electron chi connectivity index (χ4n) is 1.94. The molecule has 1 heterocycles. The number of benzene rings is 1. The van der Waals surface area contributed by atoms with Crippen LogP contribution >= 0.6 is 0 Å². The Morgan fingerprint density at radius 1 is 1.36 bits per heavy atom. The SMILES string of the molecule is NC1(c2ccccc2)CCNCC1F. The number of nitrogens with one attached hydrogen (secondary N) is 1. The van der Waals surface area contributed by atoms with Crippen LogP contribution in [0.1, 0.15) is 12.0 Å². The van der Waals surface area contributed by atoms with Crippen LogP contribution in [0.4, 0.5) is 4.39 Å². The first-order valence-corrected chi connectivity index (χ1v) is 4.93. The number of hydrogen-bond donors (Lipinski definition) is 2. The Morgan fingerprint density at radius 2 is 2.07 bits per heavy atom. The molecule has 0 aromatic heterocycles. The van der Waals surface area contributed by atoms with Gasteiger partial charge in [-0.25, -0.2) is 4.39 Å². The van der Waals surface area contributed by atoms with E-state index in [0.29, 0.717) is 13.0 Å². The number of hydrogen-bond acceptors (Lipinski definition) is 2. The zero-order valence-corrected chi connectivity index (χ0v) is 8.04. The standard InChI is InChI=1S/C11H15FN2/c12-10-8-14-7-6-11(10,13)9-4-2-1-3-5-9/h1-5,10,14H,6-8,13H2. The molecule has 0 spiro atoms. The average Bonchev–Trinajstić information content (AvgIpc) is 2.24. The van der Waals surface area contributed by atoms with Gasteiger partial charge in [-0.15, -0.1) is 0 Å². The van der Waals surface area contributed by atoms with E-state index in [2.05, 4.69) is 5.32 Å². The number of nitrogens with two attached hydrogens (primary N) is 1. The molecule has 0 radical (unpaired) electrons. The zero-order valence-electron chi connectivity index (χ0n) is 8.04. The lowest BCUT2D eigenvalue weighted by molar-refractivity contribution is 0.144. The maximum absolute atomic E-state index is 13.7. The number of halogens is 1. The first-order chi connectivity index (χ1) is 6.73. The first kappa shape index (κ1) is 9.62. The average molecular weight is 194 g/mol. The van der Waals surface area contributed by atoms with Crippen molar-refractivity contribution < 1.29 is 4.39 Å². The van der Waals surface area contributed by atoms with E-state index < -0.39 is 11.7 Å². The molecule has 1 aliphatic heterocycles. The predicted molar refractivity (Wildman–Crippen MR) is 54.7 cm³/mol. The quantitative estimate of drug-likeness (QED) is 0.704. The smallest absolute Gasteiger partial charge is 0.135 e. The molecule has 14 heavy (non-hydrogen) atoms. The lowest BCUT2D eigenvalue weighted by Crippen LogP contribution is -2.55. The molecule has 0 aliphatic carbocycles. The van der Waals surface area contributed by atoms with E-state index in [9.17, 15) is 4.39 Å². The first-order valence-electron chi connectivity index (χ1n) is 4.93. The Bertz CT molecular complexity index is 301. The molecule has 0 bridgehead atoms. The van der Waals surface area contributed by atoms with E-state index in [1.807, 2.05) is 30.3 Å². The second kappa shape index (κ2) is 3.67. The van der Waals surface area contributed by atoms with E-state index in [4.69, 9.17) is 5.73 Å². The minimum atomic E-state index is -1.00. The topological polar surface area (TPSA) is 38.0 Å². The van der Waals surface area contributed by atoms with Crippen molar-refractivity contribution in [2.24, 2.45) is 5.73 Å². The molecule has 0 saturated carbocycles. The second-order valence-electron chi connectivity index (χ2n) is 3.83. The van der Waals surface area contributed by atoms with Crippen LogP contribution in [-0.4, -0.2) is 19.3 Å². The summed E-state index contributed by atoms with van der Waals surface area (Å²) in [6.07, 6.45) is -0.350. The van der Waals surface area contributed by atoms with Gasteiger partial charge in [-0.3, -0.25) is 0 Å². The molecule has 76 valence electrons. The molecule has 1 aromatic rings. The van der Waals surface area contributed by atoms with Crippen LogP contribution in [0.5, 0.6) is 0 Å². The van der Waals surface area contributed by atoms with Crippen LogP contribution in [0.25, 0.3) is 0 Å². The molecule has 1 aromatic carbocycles. The van der Waals surface area contributed by atoms with Gasteiger partial charge in [0.15, 0.2) is 0 Å². The normalized spacial score (nSPS) is 32.9. The van der Waals surface area contributed by atoms with Gasteiger partial charge in [-0.05, 0) is 18.5 Å². The van der Waals surface area contributed by atoms with E-state index in [0.717, 1.165) is 12.1 Å². The van der Waals surface area contributed by atoms with Gasteiger partial charge < -0.3 is 11.1 Å². The minimum absolute atomic E-state index is 0.353. The monoisotopic (exact) mass is 194 g/mol. The van der Waals surface area contributed by atoms with Crippen LogP contribution in [-0.2, 0) is 5.54 Å². The van der Waals surface area contributed by atoms with Gasteiger partial charge in [0.05, 0.1) is 5.54 Å². The number of piperidine rings is 1. The maximum atomic E-state index is 13.7. The van der Waals surface area contributed by atoms with Gasteiger partial charge in [0.1, 0.15) is 6.17 Å². The highest BCUT2D eigenvalue weighted by atomic mass is 19.1. The molecular formula is C11H15FN2. The Hall–Kier alpha value is -0.930. The van der Waals surface area contributed by atoms with Crippen molar-refractivity contribution in [3.8, 4) is 0 Å². The largest absolute Gasteiger partial charge is 0.319 e. The van der Waals surface area contributed by atoms with Crippen molar-refractivity contribution in [1.82, 2.24) is 5.32 Å². The molecule has 1 fully saturated rings. The van der Waals surface area contributed by atoms with Crippen LogP contribution in [0, 0.1) is 0 Å².